The van der Waals surface area contributed by atoms with E-state index < -0.39 is 15.9 Å². The number of nitrogens with one attached hydrogen (secondary N) is 1. The molecule has 4 rings (SSSR count). The molecule has 2 aromatic heterocycles. The second-order valence-electron chi connectivity index (χ2n) is 6.77. The number of sulfonamides is 1. The van der Waals surface area contributed by atoms with Crippen LogP contribution in [0.2, 0.25) is 0 Å². The van der Waals surface area contributed by atoms with E-state index >= 15 is 0 Å². The van der Waals surface area contributed by atoms with Crippen LogP contribution in [0.1, 0.15) is 12.8 Å². The number of aromatic nitrogens is 2. The van der Waals surface area contributed by atoms with Crippen LogP contribution in [0.25, 0.3) is 11.5 Å². The number of anilines is 1. The molecule has 0 aliphatic carbocycles. The van der Waals surface area contributed by atoms with Gasteiger partial charge in [0.25, 0.3) is 10.0 Å². The minimum Gasteiger partial charge on any atom is -0.403 e. The molecule has 1 aliphatic rings. The molecule has 1 fully saturated rings. The molecule has 3 aromatic rings. The first-order chi connectivity index (χ1) is 14.5. The summed E-state index contributed by atoms with van der Waals surface area (Å²) in [4.78, 5) is 13.8. The van der Waals surface area contributed by atoms with Gasteiger partial charge >= 0.3 is 6.01 Å². The summed E-state index contributed by atoms with van der Waals surface area (Å²) < 4.78 is 32.8. The van der Waals surface area contributed by atoms with Gasteiger partial charge in [0, 0.05) is 23.5 Å². The number of hydrogen-bond acceptors (Lipinski definition) is 8. The maximum Gasteiger partial charge on any atom is 0.322 e. The fraction of sp³-hybridized carbons (Fsp3) is 0.316. The maximum absolute atomic E-state index is 12.7. The number of piperidine rings is 1. The third kappa shape index (κ3) is 4.43. The molecule has 1 aliphatic heterocycles. The van der Waals surface area contributed by atoms with E-state index in [4.69, 9.17) is 4.42 Å². The molecule has 0 saturated carbocycles. The van der Waals surface area contributed by atoms with Crippen LogP contribution in [0.15, 0.2) is 55.3 Å². The Morgan fingerprint density at radius 1 is 1.30 bits per heavy atom. The highest BCUT2D eigenvalue weighted by Crippen LogP contribution is 2.28. The van der Waals surface area contributed by atoms with Crippen molar-refractivity contribution in [1.29, 1.82) is 0 Å². The first-order valence-corrected chi connectivity index (χ1v) is 12.8. The highest BCUT2D eigenvalue weighted by Gasteiger charge is 2.34. The summed E-state index contributed by atoms with van der Waals surface area (Å²) in [5.41, 5.74) is 0.765. The smallest absolute Gasteiger partial charge is 0.322 e. The number of hydrogen-bond donors (Lipinski definition) is 1. The Morgan fingerprint density at radius 2 is 2.17 bits per heavy atom. The Labute approximate surface area is 182 Å². The van der Waals surface area contributed by atoms with Gasteiger partial charge in [-0.1, -0.05) is 17.2 Å². The lowest BCUT2D eigenvalue weighted by atomic mass is 9.99. The van der Waals surface area contributed by atoms with Crippen molar-refractivity contribution in [3.8, 4) is 11.5 Å². The fourth-order valence-electron chi connectivity index (χ4n) is 3.27. The van der Waals surface area contributed by atoms with Gasteiger partial charge in [0.05, 0.1) is 5.92 Å². The van der Waals surface area contributed by atoms with E-state index in [1.807, 2.05) is 30.5 Å². The summed E-state index contributed by atoms with van der Waals surface area (Å²) in [5, 5.41) is 12.3. The average molecular weight is 465 g/mol. The van der Waals surface area contributed by atoms with E-state index in [9.17, 15) is 13.2 Å². The molecule has 1 unspecified atom stereocenters. The summed E-state index contributed by atoms with van der Waals surface area (Å²) in [6.45, 7) is 0.531. The Balaban J connectivity index is 1.43. The standard InChI is InChI=1S/C19H20N4O4S3/c1-28-15-7-2-5-13(11-15)18-21-22-19(27-18)20-17(24)14-6-3-9-23(12-14)30(25,26)16-8-4-10-29-16/h2,4-5,7-8,10-11,14H,3,6,9,12H2,1H3,(H,20,22,24). The third-order valence-corrected chi connectivity index (χ3v) is 8.78. The molecule has 158 valence electrons. The molecule has 0 radical (unpaired) electrons. The van der Waals surface area contributed by atoms with Crippen LogP contribution in [0.5, 0.6) is 0 Å². The second kappa shape index (κ2) is 8.88. The van der Waals surface area contributed by atoms with Gasteiger partial charge in [0.1, 0.15) is 4.21 Å². The lowest BCUT2D eigenvalue weighted by molar-refractivity contribution is -0.121. The Morgan fingerprint density at radius 3 is 2.93 bits per heavy atom. The molecule has 8 nitrogen and oxygen atoms in total. The molecule has 1 aromatic carbocycles. The van der Waals surface area contributed by atoms with Gasteiger partial charge in [-0.15, -0.1) is 28.2 Å². The topological polar surface area (TPSA) is 105 Å². The van der Waals surface area contributed by atoms with Crippen LogP contribution in [-0.2, 0) is 14.8 Å². The number of benzene rings is 1. The van der Waals surface area contributed by atoms with Crippen molar-refractivity contribution in [2.45, 2.75) is 21.9 Å². The van der Waals surface area contributed by atoms with Gasteiger partial charge in [0.2, 0.25) is 11.8 Å². The Kier molecular flexibility index (Phi) is 6.23. The van der Waals surface area contributed by atoms with E-state index in [0.29, 0.717) is 25.3 Å². The number of thioether (sulfide) groups is 1. The maximum atomic E-state index is 12.7. The predicted octanol–water partition coefficient (Wildman–Crippen LogP) is 3.56. The van der Waals surface area contributed by atoms with Gasteiger partial charge in [0.15, 0.2) is 0 Å². The summed E-state index contributed by atoms with van der Waals surface area (Å²) in [6, 6.07) is 10.9. The molecule has 0 spiro atoms. The van der Waals surface area contributed by atoms with E-state index in [-0.39, 0.29) is 22.7 Å². The summed E-state index contributed by atoms with van der Waals surface area (Å²) in [7, 11) is -3.58. The normalized spacial score (nSPS) is 17.7. The van der Waals surface area contributed by atoms with Gasteiger partial charge in [-0.3, -0.25) is 10.1 Å². The molecule has 1 N–H and O–H groups in total. The van der Waals surface area contributed by atoms with E-state index in [2.05, 4.69) is 15.5 Å². The highest BCUT2D eigenvalue weighted by molar-refractivity contribution is 7.98. The first kappa shape index (κ1) is 21.0. The quantitative estimate of drug-likeness (QED) is 0.556. The van der Waals surface area contributed by atoms with Crippen molar-refractivity contribution in [1.82, 2.24) is 14.5 Å². The SMILES string of the molecule is CSc1cccc(-c2nnc(NC(=O)C3CCCN(S(=O)(=O)c4cccs4)C3)o2)c1. The summed E-state index contributed by atoms with van der Waals surface area (Å²) >= 11 is 2.78. The van der Waals surface area contributed by atoms with Gasteiger partial charge in [-0.2, -0.15) is 4.31 Å². The molecular formula is C19H20N4O4S3. The summed E-state index contributed by atoms with van der Waals surface area (Å²) in [5.74, 6) is -0.496. The largest absolute Gasteiger partial charge is 0.403 e. The lowest BCUT2D eigenvalue weighted by Gasteiger charge is -2.30. The molecular weight excluding hydrogens is 444 g/mol. The molecule has 3 heterocycles. The summed E-state index contributed by atoms with van der Waals surface area (Å²) in [6.07, 6.45) is 3.18. The van der Waals surface area contributed by atoms with E-state index in [1.54, 1.807) is 29.3 Å². The minimum atomic E-state index is -3.58. The fourth-order valence-corrected chi connectivity index (χ4v) is 6.39. The lowest BCUT2D eigenvalue weighted by Crippen LogP contribution is -2.43. The van der Waals surface area contributed by atoms with Crippen molar-refractivity contribution in [3.63, 3.8) is 0 Å². The molecule has 1 atom stereocenters. The first-order valence-electron chi connectivity index (χ1n) is 9.30. The number of thiophene rings is 1. The zero-order valence-electron chi connectivity index (χ0n) is 16.1. The van der Waals surface area contributed by atoms with Crippen molar-refractivity contribution < 1.29 is 17.6 Å². The Hall–Kier alpha value is -2.21. The predicted molar refractivity (Wildman–Crippen MR) is 116 cm³/mol. The zero-order valence-corrected chi connectivity index (χ0v) is 18.6. The van der Waals surface area contributed by atoms with Crippen LogP contribution in [-0.4, -0.2) is 48.2 Å². The second-order valence-corrected chi connectivity index (χ2v) is 10.8. The van der Waals surface area contributed by atoms with Crippen LogP contribution < -0.4 is 5.32 Å². The van der Waals surface area contributed by atoms with Gasteiger partial charge in [-0.25, -0.2) is 8.42 Å². The van der Waals surface area contributed by atoms with Crippen LogP contribution in [0, 0.1) is 5.92 Å². The number of amides is 1. The zero-order chi connectivity index (χ0) is 21.1. The van der Waals surface area contributed by atoms with Gasteiger partial charge in [-0.05, 0) is 48.7 Å². The number of rotatable bonds is 6. The van der Waals surface area contributed by atoms with Crippen LogP contribution >= 0.6 is 23.1 Å². The molecule has 1 saturated heterocycles. The third-order valence-electron chi connectivity index (χ3n) is 4.82. The monoisotopic (exact) mass is 464 g/mol. The minimum absolute atomic E-state index is 0.00259. The highest BCUT2D eigenvalue weighted by atomic mass is 32.2. The molecule has 11 heteroatoms. The molecule has 0 bridgehead atoms. The average Bonchev–Trinajstić information content (AvgIpc) is 3.47. The van der Waals surface area contributed by atoms with Crippen LogP contribution in [0.4, 0.5) is 6.01 Å². The number of carbonyl (C=O) groups excluding carboxylic acids is 1. The van der Waals surface area contributed by atoms with Crippen molar-refractivity contribution in [2.75, 3.05) is 24.7 Å². The van der Waals surface area contributed by atoms with E-state index in [1.165, 1.54) is 15.6 Å². The number of nitrogens with zero attached hydrogens (tertiary/aromatic N) is 3. The molecule has 1 amide bonds. The van der Waals surface area contributed by atoms with Gasteiger partial charge < -0.3 is 4.42 Å². The van der Waals surface area contributed by atoms with Crippen molar-refractivity contribution in [2.24, 2.45) is 5.92 Å². The van der Waals surface area contributed by atoms with Crippen molar-refractivity contribution >= 4 is 45.0 Å². The molecule has 30 heavy (non-hydrogen) atoms. The van der Waals surface area contributed by atoms with Crippen molar-refractivity contribution in [3.05, 3.63) is 41.8 Å². The van der Waals surface area contributed by atoms with Crippen LogP contribution in [0.3, 0.4) is 0 Å². The van der Waals surface area contributed by atoms with E-state index in [0.717, 1.165) is 10.5 Å². The number of carbonyl (C=O) groups is 1. The Bertz CT molecular complexity index is 1130.